The molecule has 2 atom stereocenters. The minimum atomic E-state index is -0.107. The summed E-state index contributed by atoms with van der Waals surface area (Å²) in [6.45, 7) is 4.62. The summed E-state index contributed by atoms with van der Waals surface area (Å²) < 4.78 is 2.17. The van der Waals surface area contributed by atoms with E-state index in [1.54, 1.807) is 18.3 Å². The van der Waals surface area contributed by atoms with Gasteiger partial charge in [0.05, 0.1) is 24.4 Å². The summed E-state index contributed by atoms with van der Waals surface area (Å²) in [5.74, 6) is 0.242. The van der Waals surface area contributed by atoms with Crippen LogP contribution in [-0.4, -0.2) is 42.9 Å². The summed E-state index contributed by atoms with van der Waals surface area (Å²) in [6.07, 6.45) is 1.78. The highest BCUT2D eigenvalue weighted by Crippen LogP contribution is 2.41. The smallest absolute Gasteiger partial charge is 0.170 e. The molecule has 3 aromatic rings. The standard InChI is InChI=1S/C22H24N4O2S/c1-14-13-18(15(2)26(14)16-6-8-17(28)9-7-16)21-20(19-5-3-4-10-23-19)24-22(29)25(21)11-12-27/h3-10,13,20-21,27-28H,11-12H2,1-2H3,(H,24,29)/t20-,21-/m0/s1. The quantitative estimate of drug-likeness (QED) is 0.563. The molecule has 29 heavy (non-hydrogen) atoms. The van der Waals surface area contributed by atoms with E-state index in [0.29, 0.717) is 11.7 Å². The fraction of sp³-hybridized carbons (Fsp3) is 0.273. The second-order valence-corrected chi connectivity index (χ2v) is 7.61. The lowest BCUT2D eigenvalue weighted by Crippen LogP contribution is -2.32. The Morgan fingerprint density at radius 3 is 2.55 bits per heavy atom. The van der Waals surface area contributed by atoms with E-state index in [1.807, 2.05) is 35.2 Å². The summed E-state index contributed by atoms with van der Waals surface area (Å²) in [5.41, 5.74) is 5.21. The Morgan fingerprint density at radius 2 is 1.90 bits per heavy atom. The highest BCUT2D eigenvalue weighted by atomic mass is 32.1. The number of pyridine rings is 1. The third kappa shape index (κ3) is 3.47. The van der Waals surface area contributed by atoms with Gasteiger partial charge in [0.1, 0.15) is 5.75 Å². The number of rotatable bonds is 5. The van der Waals surface area contributed by atoms with Gasteiger partial charge < -0.3 is 25.0 Å². The van der Waals surface area contributed by atoms with Crippen molar-refractivity contribution in [3.63, 3.8) is 0 Å². The highest BCUT2D eigenvalue weighted by molar-refractivity contribution is 7.80. The number of aromatic nitrogens is 2. The molecule has 1 saturated heterocycles. The van der Waals surface area contributed by atoms with Crippen LogP contribution in [0.2, 0.25) is 0 Å². The molecule has 1 aromatic carbocycles. The maximum Gasteiger partial charge on any atom is 0.170 e. The summed E-state index contributed by atoms with van der Waals surface area (Å²) in [7, 11) is 0. The first-order valence-corrected chi connectivity index (χ1v) is 9.99. The Morgan fingerprint density at radius 1 is 1.14 bits per heavy atom. The van der Waals surface area contributed by atoms with Gasteiger partial charge >= 0.3 is 0 Å². The van der Waals surface area contributed by atoms with E-state index in [2.05, 4.69) is 34.8 Å². The van der Waals surface area contributed by atoms with E-state index in [4.69, 9.17) is 12.2 Å². The van der Waals surface area contributed by atoms with Gasteiger partial charge in [-0.1, -0.05) is 6.07 Å². The lowest BCUT2D eigenvalue weighted by molar-refractivity contribution is 0.223. The number of phenolic OH excluding ortho intramolecular Hbond substituents is 1. The first kappa shape index (κ1) is 19.4. The Bertz CT molecular complexity index is 1020. The molecule has 150 valence electrons. The lowest BCUT2D eigenvalue weighted by Gasteiger charge is -2.27. The highest BCUT2D eigenvalue weighted by Gasteiger charge is 2.41. The number of thiocarbonyl (C=S) groups is 1. The molecule has 0 radical (unpaired) electrons. The van der Waals surface area contributed by atoms with Gasteiger partial charge in [0.2, 0.25) is 0 Å². The average Bonchev–Trinajstić information content (AvgIpc) is 3.20. The fourth-order valence-corrected chi connectivity index (χ4v) is 4.51. The molecule has 7 heteroatoms. The van der Waals surface area contributed by atoms with Crippen LogP contribution < -0.4 is 5.32 Å². The summed E-state index contributed by atoms with van der Waals surface area (Å²) in [5, 5.41) is 23.3. The van der Waals surface area contributed by atoms with Gasteiger partial charge in [-0.15, -0.1) is 0 Å². The van der Waals surface area contributed by atoms with E-state index >= 15 is 0 Å². The van der Waals surface area contributed by atoms with Crippen molar-refractivity contribution < 1.29 is 10.2 Å². The topological polar surface area (TPSA) is 73.5 Å². The minimum absolute atomic E-state index is 0.0178. The molecule has 1 aliphatic rings. The first-order valence-electron chi connectivity index (χ1n) is 9.58. The van der Waals surface area contributed by atoms with Crippen LogP contribution in [0.4, 0.5) is 0 Å². The number of aromatic hydroxyl groups is 1. The molecule has 0 bridgehead atoms. The van der Waals surface area contributed by atoms with Crippen LogP contribution in [-0.2, 0) is 0 Å². The average molecular weight is 409 g/mol. The third-order valence-corrected chi connectivity index (χ3v) is 5.79. The Hall–Kier alpha value is -2.90. The molecule has 3 N–H and O–H groups in total. The minimum Gasteiger partial charge on any atom is -0.508 e. The Labute approximate surface area is 175 Å². The van der Waals surface area contributed by atoms with E-state index in [0.717, 1.165) is 28.3 Å². The number of nitrogens with one attached hydrogen (secondary N) is 1. The SMILES string of the molecule is Cc1cc([C@H]2[C@H](c3ccccn3)NC(=S)N2CCO)c(C)n1-c1ccc(O)cc1. The van der Waals surface area contributed by atoms with Crippen molar-refractivity contribution in [1.29, 1.82) is 0 Å². The molecule has 3 heterocycles. The van der Waals surface area contributed by atoms with Crippen LogP contribution in [0.3, 0.4) is 0 Å². The molecule has 4 rings (SSSR count). The maximum absolute atomic E-state index is 9.63. The second kappa shape index (κ2) is 7.85. The van der Waals surface area contributed by atoms with Crippen LogP contribution in [0, 0.1) is 13.8 Å². The molecule has 1 aliphatic heterocycles. The zero-order chi connectivity index (χ0) is 20.5. The van der Waals surface area contributed by atoms with Crippen LogP contribution in [0.25, 0.3) is 5.69 Å². The van der Waals surface area contributed by atoms with Crippen LogP contribution >= 0.6 is 12.2 Å². The van der Waals surface area contributed by atoms with E-state index in [9.17, 15) is 10.2 Å². The largest absolute Gasteiger partial charge is 0.508 e. The van der Waals surface area contributed by atoms with Crippen LogP contribution in [0.5, 0.6) is 5.75 Å². The molecular formula is C22H24N4O2S. The number of aryl methyl sites for hydroxylation is 1. The molecule has 0 unspecified atom stereocenters. The Kier molecular flexibility index (Phi) is 5.25. The van der Waals surface area contributed by atoms with Crippen molar-refractivity contribution in [3.05, 3.63) is 77.4 Å². The van der Waals surface area contributed by atoms with Crippen LogP contribution in [0.15, 0.2) is 54.7 Å². The number of benzene rings is 1. The first-order chi connectivity index (χ1) is 14.0. The number of nitrogens with zero attached hydrogens (tertiary/aromatic N) is 3. The van der Waals surface area contributed by atoms with Gasteiger partial charge in [0.25, 0.3) is 0 Å². The number of aliphatic hydroxyl groups is 1. The number of β-amino-alcohol motifs (C(OH)–C–C–N with tert-alkyl or cyclic N) is 1. The van der Waals surface area contributed by atoms with Crippen molar-refractivity contribution in [2.45, 2.75) is 25.9 Å². The molecule has 6 nitrogen and oxygen atoms in total. The Balaban J connectivity index is 1.82. The molecule has 1 fully saturated rings. The van der Waals surface area contributed by atoms with Gasteiger partial charge in [-0.3, -0.25) is 4.98 Å². The number of aliphatic hydroxyl groups excluding tert-OH is 1. The molecule has 0 spiro atoms. The van der Waals surface area contributed by atoms with Gasteiger partial charge in [-0.05, 0) is 74.1 Å². The van der Waals surface area contributed by atoms with Crippen molar-refractivity contribution in [2.75, 3.05) is 13.2 Å². The number of hydrogen-bond donors (Lipinski definition) is 3. The number of hydrogen-bond acceptors (Lipinski definition) is 4. The summed E-state index contributed by atoms with van der Waals surface area (Å²) in [4.78, 5) is 6.59. The fourth-order valence-electron chi connectivity index (χ4n) is 4.18. The predicted molar refractivity (Wildman–Crippen MR) is 116 cm³/mol. The molecule has 2 aromatic heterocycles. The molecule has 0 saturated carbocycles. The summed E-state index contributed by atoms with van der Waals surface area (Å²) in [6, 6.07) is 15.0. The molecular weight excluding hydrogens is 384 g/mol. The predicted octanol–water partition coefficient (Wildman–Crippen LogP) is 3.16. The van der Waals surface area contributed by atoms with E-state index in [1.165, 1.54) is 0 Å². The maximum atomic E-state index is 9.63. The zero-order valence-electron chi connectivity index (χ0n) is 16.4. The number of phenols is 1. The van der Waals surface area contributed by atoms with Crippen LogP contribution in [0.1, 0.15) is 34.7 Å². The van der Waals surface area contributed by atoms with Gasteiger partial charge in [-0.25, -0.2) is 0 Å². The summed E-state index contributed by atoms with van der Waals surface area (Å²) >= 11 is 5.59. The van der Waals surface area contributed by atoms with Gasteiger partial charge in [0.15, 0.2) is 5.11 Å². The van der Waals surface area contributed by atoms with Crippen molar-refractivity contribution in [3.8, 4) is 11.4 Å². The van der Waals surface area contributed by atoms with Crippen molar-refractivity contribution in [1.82, 2.24) is 19.8 Å². The van der Waals surface area contributed by atoms with Crippen molar-refractivity contribution >= 4 is 17.3 Å². The lowest BCUT2D eigenvalue weighted by atomic mass is 9.97. The monoisotopic (exact) mass is 408 g/mol. The van der Waals surface area contributed by atoms with E-state index in [-0.39, 0.29) is 24.4 Å². The van der Waals surface area contributed by atoms with Gasteiger partial charge in [-0.2, -0.15) is 0 Å². The normalized spacial score (nSPS) is 18.9. The van der Waals surface area contributed by atoms with Crippen molar-refractivity contribution in [2.24, 2.45) is 0 Å². The molecule has 0 aliphatic carbocycles. The zero-order valence-corrected chi connectivity index (χ0v) is 17.2. The molecule has 0 amide bonds. The van der Waals surface area contributed by atoms with E-state index < -0.39 is 0 Å². The van der Waals surface area contributed by atoms with Gasteiger partial charge in [0, 0.05) is 29.8 Å². The third-order valence-electron chi connectivity index (χ3n) is 5.44. The second-order valence-electron chi connectivity index (χ2n) is 7.22.